The van der Waals surface area contributed by atoms with E-state index in [4.69, 9.17) is 4.74 Å². The maximum absolute atomic E-state index is 5.91. The van der Waals surface area contributed by atoms with Gasteiger partial charge in [0.2, 0.25) is 0 Å². The molecule has 0 unspecified atom stereocenters. The normalized spacial score (nSPS) is 12.7. The summed E-state index contributed by atoms with van der Waals surface area (Å²) in [6.45, 7) is 2.23. The standard InChI is InChI=1S/C54H32N2O/c1-29-16-45-41-19-30-8-3-5-10-32(30)22-49(41)56-52-25-35-12-7-13-39(40(35)28-44(52)46(17-29)53(45)56)36-15-14-34-24-51-43(21-37(34)18-36)48-27-38(57-2)26-47-42-20-31-9-4-6-11-33(31)23-50(42)55(51)54(47)48/h3-28H,1-2H3. The Kier molecular flexibility index (Phi) is 5.40. The summed E-state index contributed by atoms with van der Waals surface area (Å²) >= 11 is 0. The minimum Gasteiger partial charge on any atom is -0.497 e. The summed E-state index contributed by atoms with van der Waals surface area (Å²) in [5, 5.41) is 20.3. The van der Waals surface area contributed by atoms with Crippen molar-refractivity contribution in [2.45, 2.75) is 6.92 Å². The van der Waals surface area contributed by atoms with Gasteiger partial charge in [0.15, 0.2) is 0 Å². The monoisotopic (exact) mass is 724 g/mol. The van der Waals surface area contributed by atoms with Crippen LogP contribution in [0.5, 0.6) is 5.75 Å². The maximum atomic E-state index is 5.91. The molecule has 10 aromatic carbocycles. The topological polar surface area (TPSA) is 18.1 Å². The Morgan fingerprint density at radius 2 is 0.807 bits per heavy atom. The molecule has 0 fully saturated rings. The number of hydrogen-bond acceptors (Lipinski definition) is 1. The number of methoxy groups -OCH3 is 1. The van der Waals surface area contributed by atoms with Crippen molar-refractivity contribution in [3.8, 4) is 16.9 Å². The van der Waals surface area contributed by atoms with Crippen LogP contribution >= 0.6 is 0 Å². The van der Waals surface area contributed by atoms with Gasteiger partial charge in [-0.3, -0.25) is 0 Å². The molecule has 3 nitrogen and oxygen atoms in total. The van der Waals surface area contributed by atoms with Crippen LogP contribution in [0.4, 0.5) is 0 Å². The highest BCUT2D eigenvalue weighted by atomic mass is 16.5. The molecule has 0 spiro atoms. The van der Waals surface area contributed by atoms with Crippen molar-refractivity contribution in [1.82, 2.24) is 8.80 Å². The molecule has 4 heterocycles. The largest absolute Gasteiger partial charge is 0.497 e. The first-order chi connectivity index (χ1) is 28.1. The average Bonchev–Trinajstić information content (AvgIpc) is 3.94. The van der Waals surface area contributed by atoms with Crippen molar-refractivity contribution < 1.29 is 4.74 Å². The fourth-order valence-electron chi connectivity index (χ4n) is 10.6. The summed E-state index contributed by atoms with van der Waals surface area (Å²) in [4.78, 5) is 0. The summed E-state index contributed by atoms with van der Waals surface area (Å²) in [5.41, 5.74) is 11.3. The fourth-order valence-corrected chi connectivity index (χ4v) is 10.6. The molecule has 57 heavy (non-hydrogen) atoms. The Balaban J connectivity index is 1.01. The molecule has 14 rings (SSSR count). The second-order valence-electron chi connectivity index (χ2n) is 16.2. The van der Waals surface area contributed by atoms with E-state index in [1.807, 2.05) is 0 Å². The Morgan fingerprint density at radius 3 is 1.37 bits per heavy atom. The van der Waals surface area contributed by atoms with Gasteiger partial charge in [-0.15, -0.1) is 0 Å². The van der Waals surface area contributed by atoms with Gasteiger partial charge in [0.25, 0.3) is 0 Å². The van der Waals surface area contributed by atoms with Gasteiger partial charge >= 0.3 is 0 Å². The number of hydrogen-bond donors (Lipinski definition) is 0. The third kappa shape index (κ3) is 3.76. The van der Waals surface area contributed by atoms with E-state index in [1.165, 1.54) is 136 Å². The summed E-state index contributed by atoms with van der Waals surface area (Å²) in [5.74, 6) is 0.883. The molecule has 0 N–H and O–H groups in total. The SMILES string of the molecule is COc1cc2c3cc4ccccc4cc3n3c4cc5ccc(-c6cccc7cc8c(cc67)c6cc(C)cc7c9cc%10ccccc%10cc9n8c76)cc5cc4c(c1)c23. The average molecular weight is 725 g/mol. The molecule has 0 atom stereocenters. The number of aryl methyl sites for hydroxylation is 1. The molecular weight excluding hydrogens is 693 g/mol. The number of aromatic nitrogens is 2. The zero-order chi connectivity index (χ0) is 37.3. The minimum atomic E-state index is 0.883. The second kappa shape index (κ2) is 10.3. The van der Waals surface area contributed by atoms with Crippen molar-refractivity contribution in [3.05, 3.63) is 163 Å². The van der Waals surface area contributed by atoms with Gasteiger partial charge in [-0.1, -0.05) is 78.9 Å². The van der Waals surface area contributed by atoms with Gasteiger partial charge in [0.1, 0.15) is 5.75 Å². The zero-order valence-corrected chi connectivity index (χ0v) is 31.3. The molecule has 0 aliphatic rings. The highest BCUT2D eigenvalue weighted by molar-refractivity contribution is 6.28. The Morgan fingerprint density at radius 1 is 0.351 bits per heavy atom. The van der Waals surface area contributed by atoms with Gasteiger partial charge in [-0.25, -0.2) is 0 Å². The molecule has 0 saturated carbocycles. The second-order valence-corrected chi connectivity index (χ2v) is 16.2. The highest BCUT2D eigenvalue weighted by Crippen LogP contribution is 2.46. The van der Waals surface area contributed by atoms with Crippen LogP contribution in [0.1, 0.15) is 5.56 Å². The first-order valence-corrected chi connectivity index (χ1v) is 19.8. The van der Waals surface area contributed by atoms with E-state index in [9.17, 15) is 0 Å². The van der Waals surface area contributed by atoms with Crippen molar-refractivity contribution >= 4 is 119 Å². The van der Waals surface area contributed by atoms with Crippen LogP contribution in [0.15, 0.2) is 158 Å². The van der Waals surface area contributed by atoms with Crippen molar-refractivity contribution in [1.29, 1.82) is 0 Å². The molecule has 0 saturated heterocycles. The van der Waals surface area contributed by atoms with E-state index in [0.717, 1.165) is 5.75 Å². The third-order valence-electron chi connectivity index (χ3n) is 13.1. The Labute approximate surface area is 325 Å². The maximum Gasteiger partial charge on any atom is 0.120 e. The Hall–Kier alpha value is -7.36. The molecule has 264 valence electrons. The van der Waals surface area contributed by atoms with E-state index in [0.29, 0.717) is 0 Å². The lowest BCUT2D eigenvalue weighted by atomic mass is 9.94. The molecular formula is C54H32N2O. The summed E-state index contributed by atoms with van der Waals surface area (Å²) < 4.78 is 10.9. The number of nitrogens with zero attached hydrogens (tertiary/aromatic N) is 2. The van der Waals surface area contributed by atoms with E-state index in [-0.39, 0.29) is 0 Å². The zero-order valence-electron chi connectivity index (χ0n) is 31.3. The molecule has 0 aliphatic heterocycles. The molecule has 0 radical (unpaired) electrons. The van der Waals surface area contributed by atoms with Gasteiger partial charge in [-0.05, 0) is 146 Å². The van der Waals surface area contributed by atoms with E-state index in [1.54, 1.807) is 7.11 Å². The molecule has 0 bridgehead atoms. The Bertz CT molecular complexity index is 4090. The molecule has 3 heteroatoms. The first-order valence-electron chi connectivity index (χ1n) is 19.8. The number of rotatable bonds is 2. The van der Waals surface area contributed by atoms with Gasteiger partial charge in [-0.2, -0.15) is 0 Å². The number of fused-ring (bicyclic) bond motifs is 16. The van der Waals surface area contributed by atoms with Crippen LogP contribution in [0.2, 0.25) is 0 Å². The van der Waals surface area contributed by atoms with Gasteiger partial charge < -0.3 is 13.5 Å². The van der Waals surface area contributed by atoms with Gasteiger partial charge in [0.05, 0.1) is 40.2 Å². The number of benzene rings is 10. The number of ether oxygens (including phenoxy) is 1. The first kappa shape index (κ1) is 29.9. The van der Waals surface area contributed by atoms with Crippen LogP contribution in [0, 0.1) is 6.92 Å². The third-order valence-corrected chi connectivity index (χ3v) is 13.1. The fraction of sp³-hybridized carbons (Fsp3) is 0.0370. The van der Waals surface area contributed by atoms with E-state index < -0.39 is 0 Å². The van der Waals surface area contributed by atoms with Crippen molar-refractivity contribution in [3.63, 3.8) is 0 Å². The van der Waals surface area contributed by atoms with Crippen LogP contribution < -0.4 is 4.74 Å². The predicted molar refractivity (Wildman–Crippen MR) is 243 cm³/mol. The summed E-state index contributed by atoms with van der Waals surface area (Å²) in [6, 6.07) is 59.5. The van der Waals surface area contributed by atoms with E-state index >= 15 is 0 Å². The van der Waals surface area contributed by atoms with Crippen LogP contribution in [-0.4, -0.2) is 15.9 Å². The lowest BCUT2D eigenvalue weighted by Gasteiger charge is -2.10. The highest BCUT2D eigenvalue weighted by Gasteiger charge is 2.22. The lowest BCUT2D eigenvalue weighted by Crippen LogP contribution is -1.86. The van der Waals surface area contributed by atoms with Gasteiger partial charge in [0, 0.05) is 43.1 Å². The van der Waals surface area contributed by atoms with Crippen molar-refractivity contribution in [2.75, 3.05) is 7.11 Å². The molecule has 0 aliphatic carbocycles. The van der Waals surface area contributed by atoms with Crippen molar-refractivity contribution in [2.24, 2.45) is 0 Å². The van der Waals surface area contributed by atoms with E-state index in [2.05, 4.69) is 173 Å². The lowest BCUT2D eigenvalue weighted by molar-refractivity contribution is 0.416. The van der Waals surface area contributed by atoms with Crippen LogP contribution in [-0.2, 0) is 0 Å². The smallest absolute Gasteiger partial charge is 0.120 e. The van der Waals surface area contributed by atoms with Crippen LogP contribution in [0.25, 0.3) is 130 Å². The van der Waals surface area contributed by atoms with Crippen LogP contribution in [0.3, 0.4) is 0 Å². The molecule has 0 amide bonds. The molecule has 14 aromatic rings. The summed E-state index contributed by atoms with van der Waals surface area (Å²) in [6.07, 6.45) is 0. The molecule has 4 aromatic heterocycles. The predicted octanol–water partition coefficient (Wildman–Crippen LogP) is 14.6. The summed E-state index contributed by atoms with van der Waals surface area (Å²) in [7, 11) is 1.77. The minimum absolute atomic E-state index is 0.883. The quantitative estimate of drug-likeness (QED) is 0.174.